The molecule has 0 heterocycles. The number of hydrogen-bond acceptors (Lipinski definition) is 4. The van der Waals surface area contributed by atoms with Crippen LogP contribution in [0.5, 0.6) is 0 Å². The third-order valence-electron chi connectivity index (χ3n) is 7.42. The van der Waals surface area contributed by atoms with Crippen molar-refractivity contribution in [2.24, 2.45) is 23.7 Å². The minimum Gasteiger partial charge on any atom is -0.416 e. The van der Waals surface area contributed by atoms with E-state index >= 15 is 0 Å². The summed E-state index contributed by atoms with van der Waals surface area (Å²) in [6.45, 7) is 26.9. The van der Waals surface area contributed by atoms with E-state index in [1.54, 1.807) is 0 Å². The minimum atomic E-state index is -1.91. The first-order valence-electron chi connectivity index (χ1n) is 10.6. The van der Waals surface area contributed by atoms with Crippen LogP contribution in [0.1, 0.15) is 55.4 Å². The van der Waals surface area contributed by atoms with Crippen molar-refractivity contribution in [3.63, 3.8) is 0 Å². The Morgan fingerprint density at radius 3 is 1.11 bits per heavy atom. The second-order valence-electron chi connectivity index (χ2n) is 11.5. The molecular formula is C22H46O4Si2. The summed E-state index contributed by atoms with van der Waals surface area (Å²) in [6, 6.07) is 0. The van der Waals surface area contributed by atoms with Gasteiger partial charge in [0, 0.05) is 25.0 Å². The normalized spacial score (nSPS) is 18.3. The average Bonchev–Trinajstić information content (AvgIpc) is 2.53. The summed E-state index contributed by atoms with van der Waals surface area (Å²) >= 11 is 0. The summed E-state index contributed by atoms with van der Waals surface area (Å²) in [4.78, 5) is 23.6. The number of rotatable bonds is 11. The summed E-state index contributed by atoms with van der Waals surface area (Å²) in [5, 5.41) is 0.218. The Morgan fingerprint density at radius 1 is 0.679 bits per heavy atom. The van der Waals surface area contributed by atoms with E-state index in [0.717, 1.165) is 12.6 Å². The van der Waals surface area contributed by atoms with Gasteiger partial charge in [-0.15, -0.1) is 0 Å². The first-order valence-corrected chi connectivity index (χ1v) is 16.4. The standard InChI is InChI=1S/C22H46O4Si2/c1-17(19(13-23)15-25-27(9,10)21(3,4)5)18(2)20(14-24)16-26-28(11,12)22(6,7)8/h13-14,17-20H,15-16H2,1-12H3/t17-,18+,19+,20-. The molecule has 4 nitrogen and oxygen atoms in total. The van der Waals surface area contributed by atoms with Crippen molar-refractivity contribution in [3.8, 4) is 0 Å². The van der Waals surface area contributed by atoms with Crippen molar-refractivity contribution in [2.75, 3.05) is 13.2 Å². The largest absolute Gasteiger partial charge is 0.416 e. The van der Waals surface area contributed by atoms with Crippen LogP contribution in [0.3, 0.4) is 0 Å². The SMILES string of the molecule is C[C@H]([C@H](C)[C@H](C=O)CO[Si](C)(C)C(C)(C)C)[C@@H](C=O)CO[Si](C)(C)C(C)(C)C. The molecule has 0 aromatic rings. The zero-order valence-corrected chi connectivity index (χ0v) is 22.5. The predicted octanol–water partition coefficient (Wildman–Crippen LogP) is 5.93. The highest BCUT2D eigenvalue weighted by atomic mass is 28.4. The lowest BCUT2D eigenvalue weighted by molar-refractivity contribution is -0.118. The Morgan fingerprint density at radius 2 is 0.929 bits per heavy atom. The van der Waals surface area contributed by atoms with E-state index in [1.807, 2.05) is 0 Å². The summed E-state index contributed by atoms with van der Waals surface area (Å²) in [7, 11) is -3.82. The summed E-state index contributed by atoms with van der Waals surface area (Å²) in [5.74, 6) is -0.306. The fourth-order valence-electron chi connectivity index (χ4n) is 2.45. The monoisotopic (exact) mass is 430 g/mol. The van der Waals surface area contributed by atoms with Crippen molar-refractivity contribution in [1.29, 1.82) is 0 Å². The molecule has 6 heteroatoms. The first-order chi connectivity index (χ1) is 12.4. The number of hydrogen-bond donors (Lipinski definition) is 0. The highest BCUT2D eigenvalue weighted by Crippen LogP contribution is 2.39. The molecule has 0 unspecified atom stereocenters. The quantitative estimate of drug-likeness (QED) is 0.301. The molecule has 0 N–H and O–H groups in total. The molecule has 28 heavy (non-hydrogen) atoms. The third kappa shape index (κ3) is 7.50. The molecule has 0 aromatic heterocycles. The molecule has 4 atom stereocenters. The number of carbonyl (C=O) groups is 2. The molecule has 0 radical (unpaired) electrons. The highest BCUT2D eigenvalue weighted by molar-refractivity contribution is 6.74. The van der Waals surface area contributed by atoms with E-state index in [0.29, 0.717) is 13.2 Å². The fraction of sp³-hybridized carbons (Fsp3) is 0.909. The van der Waals surface area contributed by atoms with Crippen LogP contribution in [0.25, 0.3) is 0 Å². The van der Waals surface area contributed by atoms with Crippen LogP contribution in [0.4, 0.5) is 0 Å². The van der Waals surface area contributed by atoms with Crippen molar-refractivity contribution in [2.45, 2.75) is 91.7 Å². The van der Waals surface area contributed by atoms with Gasteiger partial charge in [0.05, 0.1) is 0 Å². The Bertz CT molecular complexity index is 458. The predicted molar refractivity (Wildman–Crippen MR) is 124 cm³/mol. The van der Waals surface area contributed by atoms with Gasteiger partial charge in [0.15, 0.2) is 16.6 Å². The number of aldehydes is 2. The molecule has 0 amide bonds. The molecule has 0 rings (SSSR count). The van der Waals surface area contributed by atoms with Gasteiger partial charge >= 0.3 is 0 Å². The molecule has 0 aliphatic carbocycles. The molecule has 0 saturated heterocycles. The van der Waals surface area contributed by atoms with Gasteiger partial charge in [-0.2, -0.15) is 0 Å². The molecule has 0 aliphatic heterocycles. The van der Waals surface area contributed by atoms with E-state index in [4.69, 9.17) is 8.85 Å². The van der Waals surface area contributed by atoms with Gasteiger partial charge in [-0.05, 0) is 48.1 Å². The van der Waals surface area contributed by atoms with E-state index in [1.165, 1.54) is 0 Å². The van der Waals surface area contributed by atoms with Crippen molar-refractivity contribution in [1.82, 2.24) is 0 Å². The molecule has 0 saturated carbocycles. The van der Waals surface area contributed by atoms with Crippen LogP contribution in [-0.2, 0) is 18.4 Å². The Hall–Kier alpha value is -0.306. The average molecular weight is 431 g/mol. The maximum atomic E-state index is 11.8. The molecule has 0 spiro atoms. The Balaban J connectivity index is 5.08. The molecular weight excluding hydrogens is 384 g/mol. The van der Waals surface area contributed by atoms with Crippen LogP contribution in [0.2, 0.25) is 36.3 Å². The highest BCUT2D eigenvalue weighted by Gasteiger charge is 2.40. The summed E-state index contributed by atoms with van der Waals surface area (Å²) in [6.07, 6.45) is 2.01. The zero-order valence-electron chi connectivity index (χ0n) is 20.5. The lowest BCUT2D eigenvalue weighted by atomic mass is 9.78. The van der Waals surface area contributed by atoms with E-state index in [2.05, 4.69) is 81.6 Å². The van der Waals surface area contributed by atoms with E-state index < -0.39 is 16.6 Å². The molecule has 0 bridgehead atoms. The third-order valence-corrected chi connectivity index (χ3v) is 16.4. The van der Waals surface area contributed by atoms with Gasteiger partial charge in [-0.25, -0.2) is 0 Å². The van der Waals surface area contributed by atoms with Gasteiger partial charge in [0.25, 0.3) is 0 Å². The second-order valence-corrected chi connectivity index (χ2v) is 21.1. The first kappa shape index (κ1) is 27.7. The molecule has 0 aromatic carbocycles. The molecule has 0 aliphatic rings. The van der Waals surface area contributed by atoms with Crippen molar-refractivity contribution in [3.05, 3.63) is 0 Å². The Labute approximate surface area is 176 Å². The minimum absolute atomic E-state index is 0.0560. The molecule has 166 valence electrons. The van der Waals surface area contributed by atoms with Gasteiger partial charge in [-0.3, -0.25) is 0 Å². The smallest absolute Gasteiger partial charge is 0.192 e. The lowest BCUT2D eigenvalue weighted by Gasteiger charge is -2.39. The zero-order chi connectivity index (χ0) is 22.6. The van der Waals surface area contributed by atoms with Crippen molar-refractivity contribution >= 4 is 29.2 Å². The Kier molecular flexibility index (Phi) is 10.0. The van der Waals surface area contributed by atoms with Crippen molar-refractivity contribution < 1.29 is 18.4 Å². The maximum absolute atomic E-state index is 11.8. The van der Waals surface area contributed by atoms with Crippen LogP contribution in [-0.4, -0.2) is 42.4 Å². The fourth-order valence-corrected chi connectivity index (χ4v) is 4.54. The van der Waals surface area contributed by atoms with E-state index in [9.17, 15) is 9.59 Å². The lowest BCUT2D eigenvalue weighted by Crippen LogP contribution is -2.44. The van der Waals surface area contributed by atoms with Gasteiger partial charge in [-0.1, -0.05) is 55.4 Å². The second kappa shape index (κ2) is 10.1. The van der Waals surface area contributed by atoms with Gasteiger partial charge in [0.2, 0.25) is 0 Å². The molecule has 0 fully saturated rings. The van der Waals surface area contributed by atoms with Crippen LogP contribution < -0.4 is 0 Å². The van der Waals surface area contributed by atoms with Crippen LogP contribution in [0, 0.1) is 23.7 Å². The van der Waals surface area contributed by atoms with E-state index in [-0.39, 0.29) is 33.7 Å². The summed E-state index contributed by atoms with van der Waals surface area (Å²) in [5.41, 5.74) is 0. The maximum Gasteiger partial charge on any atom is 0.192 e. The number of carbonyl (C=O) groups excluding carboxylic acids is 2. The van der Waals surface area contributed by atoms with Crippen LogP contribution >= 0.6 is 0 Å². The van der Waals surface area contributed by atoms with Gasteiger partial charge < -0.3 is 18.4 Å². The topological polar surface area (TPSA) is 52.6 Å². The summed E-state index contributed by atoms with van der Waals surface area (Å²) < 4.78 is 12.6. The van der Waals surface area contributed by atoms with Crippen LogP contribution in [0.15, 0.2) is 0 Å². The van der Waals surface area contributed by atoms with Gasteiger partial charge in [0.1, 0.15) is 12.6 Å².